The van der Waals surface area contributed by atoms with Gasteiger partial charge in [-0.3, -0.25) is 4.98 Å². The number of rotatable bonds is 5. The number of hydrogen-bond donors (Lipinski definition) is 1. The zero-order valence-corrected chi connectivity index (χ0v) is 13.3. The van der Waals surface area contributed by atoms with Gasteiger partial charge in [-0.05, 0) is 45.4 Å². The molecule has 1 unspecified atom stereocenters. The first-order chi connectivity index (χ1) is 9.94. The van der Waals surface area contributed by atoms with Gasteiger partial charge in [0.2, 0.25) is 0 Å². The predicted molar refractivity (Wildman–Crippen MR) is 86.6 cm³/mol. The van der Waals surface area contributed by atoms with Crippen molar-refractivity contribution in [2.75, 3.05) is 0 Å². The minimum absolute atomic E-state index is 0.0721. The van der Waals surface area contributed by atoms with Gasteiger partial charge in [0.25, 0.3) is 0 Å². The summed E-state index contributed by atoms with van der Waals surface area (Å²) in [7, 11) is 0. The summed E-state index contributed by atoms with van der Waals surface area (Å²) < 4.78 is 5.97. The Balaban J connectivity index is 2.15. The van der Waals surface area contributed by atoms with Crippen LogP contribution in [0.5, 0.6) is 5.75 Å². The summed E-state index contributed by atoms with van der Waals surface area (Å²) in [6, 6.07) is 10.5. The summed E-state index contributed by atoms with van der Waals surface area (Å²) in [5.41, 5.74) is 11.5. The Morgan fingerprint density at radius 1 is 1.10 bits per heavy atom. The predicted octanol–water partition coefficient (Wildman–Crippen LogP) is 3.48. The van der Waals surface area contributed by atoms with E-state index >= 15 is 0 Å². The third kappa shape index (κ3) is 4.57. The lowest BCUT2D eigenvalue weighted by Crippen LogP contribution is -2.19. The number of aromatic nitrogens is 1. The van der Waals surface area contributed by atoms with Crippen molar-refractivity contribution in [1.29, 1.82) is 0 Å². The third-order valence-corrected chi connectivity index (χ3v) is 3.26. The highest BCUT2D eigenvalue weighted by Gasteiger charge is 2.09. The average Bonchev–Trinajstić information content (AvgIpc) is 2.36. The van der Waals surface area contributed by atoms with Crippen LogP contribution in [0.1, 0.15) is 35.0 Å². The van der Waals surface area contributed by atoms with E-state index in [9.17, 15) is 0 Å². The highest BCUT2D eigenvalue weighted by molar-refractivity contribution is 5.32. The van der Waals surface area contributed by atoms with Gasteiger partial charge in [0.1, 0.15) is 12.4 Å². The topological polar surface area (TPSA) is 48.1 Å². The zero-order chi connectivity index (χ0) is 15.4. The van der Waals surface area contributed by atoms with Crippen LogP contribution in [0.4, 0.5) is 0 Å². The average molecular weight is 284 g/mol. The second-order valence-electron chi connectivity index (χ2n) is 5.86. The molecule has 1 aromatic heterocycles. The maximum atomic E-state index is 5.97. The molecule has 21 heavy (non-hydrogen) atoms. The van der Waals surface area contributed by atoms with Crippen molar-refractivity contribution in [2.45, 2.75) is 46.8 Å². The van der Waals surface area contributed by atoms with Gasteiger partial charge in [-0.1, -0.05) is 29.3 Å². The minimum Gasteiger partial charge on any atom is -0.487 e. The molecule has 2 N–H and O–H groups in total. The summed E-state index contributed by atoms with van der Waals surface area (Å²) in [5, 5.41) is 0. The second kappa shape index (κ2) is 6.72. The van der Waals surface area contributed by atoms with Gasteiger partial charge in [0.15, 0.2) is 0 Å². The van der Waals surface area contributed by atoms with Crippen LogP contribution in [0.2, 0.25) is 0 Å². The molecular formula is C18H24N2O. The van der Waals surface area contributed by atoms with Gasteiger partial charge in [0.05, 0.1) is 5.69 Å². The third-order valence-electron chi connectivity index (χ3n) is 3.26. The Kier molecular flexibility index (Phi) is 4.97. The molecule has 0 radical (unpaired) electrons. The molecule has 0 saturated carbocycles. The molecular weight excluding hydrogens is 260 g/mol. The van der Waals surface area contributed by atoms with Crippen molar-refractivity contribution >= 4 is 0 Å². The van der Waals surface area contributed by atoms with Gasteiger partial charge in [-0.15, -0.1) is 0 Å². The molecule has 0 aliphatic carbocycles. The van der Waals surface area contributed by atoms with Crippen LogP contribution in [0.25, 0.3) is 0 Å². The molecule has 1 aromatic carbocycles. The van der Waals surface area contributed by atoms with E-state index in [0.29, 0.717) is 6.61 Å². The van der Waals surface area contributed by atoms with E-state index in [0.717, 1.165) is 23.6 Å². The van der Waals surface area contributed by atoms with E-state index in [1.54, 1.807) is 0 Å². The van der Waals surface area contributed by atoms with Crippen LogP contribution in [-0.4, -0.2) is 11.0 Å². The van der Waals surface area contributed by atoms with Crippen molar-refractivity contribution in [1.82, 2.24) is 4.98 Å². The van der Waals surface area contributed by atoms with Crippen molar-refractivity contribution in [3.63, 3.8) is 0 Å². The number of nitrogens with two attached hydrogens (primary N) is 1. The molecule has 112 valence electrons. The molecule has 0 amide bonds. The standard InChI is InChI=1S/C18H24N2O/c1-12-7-13(2)9-16(8-12)11-21-18-6-5-15(4)20-17(18)10-14(3)19/h5-9,14H,10-11,19H2,1-4H3. The minimum atomic E-state index is 0.0721. The van der Waals surface area contributed by atoms with E-state index in [1.807, 2.05) is 26.0 Å². The SMILES string of the molecule is Cc1cc(C)cc(COc2ccc(C)nc2CC(C)N)c1. The normalized spacial score (nSPS) is 12.2. The van der Waals surface area contributed by atoms with Crippen molar-refractivity contribution in [3.05, 3.63) is 58.4 Å². The van der Waals surface area contributed by atoms with E-state index in [1.165, 1.54) is 16.7 Å². The molecule has 2 rings (SSSR count). The highest BCUT2D eigenvalue weighted by atomic mass is 16.5. The quantitative estimate of drug-likeness (QED) is 0.914. The van der Waals surface area contributed by atoms with Crippen molar-refractivity contribution in [3.8, 4) is 5.75 Å². The second-order valence-corrected chi connectivity index (χ2v) is 5.86. The van der Waals surface area contributed by atoms with E-state index in [-0.39, 0.29) is 6.04 Å². The first-order valence-electron chi connectivity index (χ1n) is 7.36. The molecule has 1 atom stereocenters. The van der Waals surface area contributed by atoms with Crippen LogP contribution in [0, 0.1) is 20.8 Å². The Labute approximate surface area is 127 Å². The molecule has 0 bridgehead atoms. The number of aryl methyl sites for hydroxylation is 3. The lowest BCUT2D eigenvalue weighted by atomic mass is 10.1. The number of ether oxygens (including phenoxy) is 1. The van der Waals surface area contributed by atoms with Crippen molar-refractivity contribution < 1.29 is 4.74 Å². The Morgan fingerprint density at radius 2 is 1.76 bits per heavy atom. The summed E-state index contributed by atoms with van der Waals surface area (Å²) in [4.78, 5) is 4.56. The van der Waals surface area contributed by atoms with E-state index < -0.39 is 0 Å². The van der Waals surface area contributed by atoms with Crippen LogP contribution in [0.15, 0.2) is 30.3 Å². The Morgan fingerprint density at radius 3 is 2.38 bits per heavy atom. The number of nitrogens with zero attached hydrogens (tertiary/aromatic N) is 1. The molecule has 0 spiro atoms. The largest absolute Gasteiger partial charge is 0.487 e. The lowest BCUT2D eigenvalue weighted by molar-refractivity contribution is 0.300. The maximum absolute atomic E-state index is 5.97. The fraction of sp³-hybridized carbons (Fsp3) is 0.389. The molecule has 1 heterocycles. The molecule has 0 aliphatic rings. The van der Waals surface area contributed by atoms with E-state index in [4.69, 9.17) is 10.5 Å². The summed E-state index contributed by atoms with van der Waals surface area (Å²) >= 11 is 0. The smallest absolute Gasteiger partial charge is 0.141 e. The first-order valence-corrected chi connectivity index (χ1v) is 7.36. The lowest BCUT2D eigenvalue weighted by Gasteiger charge is -2.13. The summed E-state index contributed by atoms with van der Waals surface area (Å²) in [6.07, 6.45) is 0.726. The Hall–Kier alpha value is -1.87. The molecule has 3 heteroatoms. The van der Waals surface area contributed by atoms with Gasteiger partial charge < -0.3 is 10.5 Å². The van der Waals surface area contributed by atoms with Crippen LogP contribution in [0.3, 0.4) is 0 Å². The fourth-order valence-electron chi connectivity index (χ4n) is 2.49. The van der Waals surface area contributed by atoms with Gasteiger partial charge in [-0.25, -0.2) is 0 Å². The fourth-order valence-corrected chi connectivity index (χ4v) is 2.49. The van der Waals surface area contributed by atoms with Crippen LogP contribution >= 0.6 is 0 Å². The Bertz CT molecular complexity index is 600. The summed E-state index contributed by atoms with van der Waals surface area (Å²) in [6.45, 7) is 8.73. The molecule has 3 nitrogen and oxygen atoms in total. The van der Waals surface area contributed by atoms with E-state index in [2.05, 4.69) is 37.0 Å². The molecule has 0 aliphatic heterocycles. The van der Waals surface area contributed by atoms with Crippen LogP contribution in [-0.2, 0) is 13.0 Å². The van der Waals surface area contributed by atoms with Gasteiger partial charge in [0, 0.05) is 18.2 Å². The number of benzene rings is 1. The number of pyridine rings is 1. The summed E-state index contributed by atoms with van der Waals surface area (Å²) in [5.74, 6) is 0.831. The molecule has 0 saturated heterocycles. The molecule has 0 fully saturated rings. The zero-order valence-electron chi connectivity index (χ0n) is 13.3. The monoisotopic (exact) mass is 284 g/mol. The van der Waals surface area contributed by atoms with Gasteiger partial charge >= 0.3 is 0 Å². The molecule has 2 aromatic rings. The van der Waals surface area contributed by atoms with Crippen molar-refractivity contribution in [2.24, 2.45) is 5.73 Å². The highest BCUT2D eigenvalue weighted by Crippen LogP contribution is 2.20. The van der Waals surface area contributed by atoms with Gasteiger partial charge in [-0.2, -0.15) is 0 Å². The first kappa shape index (κ1) is 15.5. The number of hydrogen-bond acceptors (Lipinski definition) is 3. The van der Waals surface area contributed by atoms with Crippen LogP contribution < -0.4 is 10.5 Å². The maximum Gasteiger partial charge on any atom is 0.141 e.